The van der Waals surface area contributed by atoms with Crippen LogP contribution in [0.1, 0.15) is 12.0 Å². The summed E-state index contributed by atoms with van der Waals surface area (Å²) in [6, 6.07) is 8.54. The molecule has 0 fully saturated rings. The van der Waals surface area contributed by atoms with Gasteiger partial charge >= 0.3 is 0 Å². The SMILES string of the molecule is Cc1cnc(NCCCN(C)C)c2c3ccccc3n(C)c12. The van der Waals surface area contributed by atoms with Gasteiger partial charge in [0.2, 0.25) is 0 Å². The van der Waals surface area contributed by atoms with Gasteiger partial charge in [0, 0.05) is 30.7 Å². The number of para-hydroxylation sites is 1. The van der Waals surface area contributed by atoms with Crippen LogP contribution >= 0.6 is 0 Å². The van der Waals surface area contributed by atoms with E-state index in [-0.39, 0.29) is 0 Å². The summed E-state index contributed by atoms with van der Waals surface area (Å²) in [6.45, 7) is 4.15. The second-order valence-electron chi connectivity index (χ2n) is 6.17. The van der Waals surface area contributed by atoms with Crippen LogP contribution in [0.25, 0.3) is 21.8 Å². The Hall–Kier alpha value is -2.07. The van der Waals surface area contributed by atoms with Gasteiger partial charge in [-0.25, -0.2) is 4.98 Å². The number of hydrogen-bond donors (Lipinski definition) is 1. The van der Waals surface area contributed by atoms with Gasteiger partial charge in [-0.2, -0.15) is 0 Å². The summed E-state index contributed by atoms with van der Waals surface area (Å²) >= 11 is 0. The third-order valence-corrected chi connectivity index (χ3v) is 4.18. The van der Waals surface area contributed by atoms with E-state index in [9.17, 15) is 0 Å². The van der Waals surface area contributed by atoms with Gasteiger partial charge in [0.15, 0.2) is 0 Å². The molecule has 0 aliphatic carbocycles. The summed E-state index contributed by atoms with van der Waals surface area (Å²) in [5.41, 5.74) is 3.74. The molecule has 4 heteroatoms. The van der Waals surface area contributed by atoms with E-state index in [0.717, 1.165) is 25.3 Å². The zero-order chi connectivity index (χ0) is 15.7. The Morgan fingerprint density at radius 1 is 1.23 bits per heavy atom. The topological polar surface area (TPSA) is 33.1 Å². The van der Waals surface area contributed by atoms with Crippen LogP contribution < -0.4 is 5.32 Å². The van der Waals surface area contributed by atoms with E-state index in [1.54, 1.807) is 0 Å². The fourth-order valence-corrected chi connectivity index (χ4v) is 3.12. The highest BCUT2D eigenvalue weighted by molar-refractivity contribution is 6.13. The lowest BCUT2D eigenvalue weighted by Crippen LogP contribution is -2.16. The van der Waals surface area contributed by atoms with Crippen LogP contribution in [0.5, 0.6) is 0 Å². The number of rotatable bonds is 5. The zero-order valence-corrected chi connectivity index (χ0v) is 13.8. The number of nitrogens with one attached hydrogen (secondary N) is 1. The molecule has 0 radical (unpaired) electrons. The van der Waals surface area contributed by atoms with Crippen molar-refractivity contribution in [2.45, 2.75) is 13.3 Å². The molecule has 0 spiro atoms. The highest BCUT2D eigenvalue weighted by atomic mass is 15.1. The normalized spacial score (nSPS) is 11.7. The molecule has 2 aromatic heterocycles. The van der Waals surface area contributed by atoms with Crippen LogP contribution in [-0.4, -0.2) is 41.6 Å². The van der Waals surface area contributed by atoms with E-state index in [2.05, 4.69) is 72.1 Å². The summed E-state index contributed by atoms with van der Waals surface area (Å²) in [7, 11) is 6.34. The van der Waals surface area contributed by atoms with Gasteiger partial charge in [0.25, 0.3) is 0 Å². The van der Waals surface area contributed by atoms with Crippen LogP contribution in [0.4, 0.5) is 5.82 Å². The zero-order valence-electron chi connectivity index (χ0n) is 13.8. The minimum Gasteiger partial charge on any atom is -0.369 e. The lowest BCUT2D eigenvalue weighted by molar-refractivity contribution is 0.405. The smallest absolute Gasteiger partial charge is 0.136 e. The van der Waals surface area contributed by atoms with Crippen molar-refractivity contribution in [3.05, 3.63) is 36.0 Å². The van der Waals surface area contributed by atoms with Crippen LogP contribution in [0.15, 0.2) is 30.5 Å². The van der Waals surface area contributed by atoms with Crippen LogP contribution in [0, 0.1) is 6.92 Å². The number of pyridine rings is 1. The second kappa shape index (κ2) is 5.97. The van der Waals surface area contributed by atoms with Gasteiger partial charge in [-0.05, 0) is 45.6 Å². The van der Waals surface area contributed by atoms with E-state index < -0.39 is 0 Å². The molecule has 0 amide bonds. The van der Waals surface area contributed by atoms with Gasteiger partial charge in [-0.1, -0.05) is 18.2 Å². The molecular weight excluding hydrogens is 272 g/mol. The van der Waals surface area contributed by atoms with E-state index in [0.29, 0.717) is 0 Å². The molecule has 3 aromatic rings. The second-order valence-corrected chi connectivity index (χ2v) is 6.17. The van der Waals surface area contributed by atoms with Crippen molar-refractivity contribution in [1.82, 2.24) is 14.5 Å². The number of aryl methyl sites for hydroxylation is 2. The molecular formula is C18H24N4. The average molecular weight is 296 g/mol. The maximum Gasteiger partial charge on any atom is 0.136 e. The molecule has 0 aliphatic rings. The Labute approximate surface area is 131 Å². The standard InChI is InChI=1S/C18H24N4/c1-13-12-20-18(19-10-7-11-21(2)3)16-14-8-5-6-9-15(14)22(4)17(13)16/h5-6,8-9,12H,7,10-11H2,1-4H3,(H,19,20). The van der Waals surface area contributed by atoms with E-state index in [4.69, 9.17) is 0 Å². The molecule has 0 saturated heterocycles. The third kappa shape index (κ3) is 2.55. The van der Waals surface area contributed by atoms with Crippen molar-refractivity contribution in [2.75, 3.05) is 32.5 Å². The molecule has 0 aliphatic heterocycles. The maximum atomic E-state index is 4.65. The summed E-state index contributed by atoms with van der Waals surface area (Å²) in [5.74, 6) is 0.996. The van der Waals surface area contributed by atoms with Crippen molar-refractivity contribution in [2.24, 2.45) is 7.05 Å². The maximum absolute atomic E-state index is 4.65. The van der Waals surface area contributed by atoms with Gasteiger partial charge < -0.3 is 14.8 Å². The van der Waals surface area contributed by atoms with Gasteiger partial charge in [-0.3, -0.25) is 0 Å². The average Bonchev–Trinajstić information content (AvgIpc) is 2.81. The Morgan fingerprint density at radius 3 is 2.77 bits per heavy atom. The van der Waals surface area contributed by atoms with Gasteiger partial charge in [0.05, 0.1) is 10.9 Å². The molecule has 0 unspecified atom stereocenters. The van der Waals surface area contributed by atoms with Crippen molar-refractivity contribution in [3.8, 4) is 0 Å². The van der Waals surface area contributed by atoms with Crippen molar-refractivity contribution in [1.29, 1.82) is 0 Å². The molecule has 0 saturated carbocycles. The molecule has 1 aromatic carbocycles. The Kier molecular flexibility index (Phi) is 4.03. The summed E-state index contributed by atoms with van der Waals surface area (Å²) in [6.07, 6.45) is 3.07. The van der Waals surface area contributed by atoms with Crippen LogP contribution in [0.2, 0.25) is 0 Å². The Morgan fingerprint density at radius 2 is 2.00 bits per heavy atom. The van der Waals surface area contributed by atoms with E-state index >= 15 is 0 Å². The number of hydrogen-bond acceptors (Lipinski definition) is 3. The van der Waals surface area contributed by atoms with Crippen molar-refractivity contribution >= 4 is 27.6 Å². The molecule has 0 atom stereocenters. The first-order valence-electron chi connectivity index (χ1n) is 7.81. The summed E-state index contributed by atoms with van der Waals surface area (Å²) < 4.78 is 2.27. The Balaban J connectivity index is 2.04. The fraction of sp³-hybridized carbons (Fsp3) is 0.389. The fourth-order valence-electron chi connectivity index (χ4n) is 3.12. The first kappa shape index (κ1) is 14.9. The molecule has 2 heterocycles. The molecule has 22 heavy (non-hydrogen) atoms. The quantitative estimate of drug-likeness (QED) is 0.733. The molecule has 4 nitrogen and oxygen atoms in total. The van der Waals surface area contributed by atoms with Crippen molar-refractivity contribution in [3.63, 3.8) is 0 Å². The minimum atomic E-state index is 0.937. The third-order valence-electron chi connectivity index (χ3n) is 4.18. The molecule has 3 rings (SSSR count). The van der Waals surface area contributed by atoms with Gasteiger partial charge in [-0.15, -0.1) is 0 Å². The first-order valence-corrected chi connectivity index (χ1v) is 7.81. The summed E-state index contributed by atoms with van der Waals surface area (Å²) in [5, 5.41) is 6.03. The van der Waals surface area contributed by atoms with E-state index in [1.807, 2.05) is 6.20 Å². The number of fused-ring (bicyclic) bond motifs is 3. The number of benzene rings is 1. The van der Waals surface area contributed by atoms with Crippen molar-refractivity contribution < 1.29 is 0 Å². The lowest BCUT2D eigenvalue weighted by Gasteiger charge is -2.11. The predicted octanol–water partition coefficient (Wildman–Crippen LogP) is 3.40. The van der Waals surface area contributed by atoms with E-state index in [1.165, 1.54) is 27.4 Å². The molecule has 1 N–H and O–H groups in total. The highest BCUT2D eigenvalue weighted by Gasteiger charge is 2.14. The first-order chi connectivity index (χ1) is 10.6. The molecule has 0 bridgehead atoms. The van der Waals surface area contributed by atoms with Gasteiger partial charge in [0.1, 0.15) is 5.82 Å². The van der Waals surface area contributed by atoms with Crippen LogP contribution in [0.3, 0.4) is 0 Å². The largest absolute Gasteiger partial charge is 0.369 e. The monoisotopic (exact) mass is 296 g/mol. The lowest BCUT2D eigenvalue weighted by atomic mass is 10.1. The van der Waals surface area contributed by atoms with Crippen LogP contribution in [-0.2, 0) is 7.05 Å². The highest BCUT2D eigenvalue weighted by Crippen LogP contribution is 2.33. The number of anilines is 1. The minimum absolute atomic E-state index is 0.937. The summed E-state index contributed by atoms with van der Waals surface area (Å²) in [4.78, 5) is 6.85. The predicted molar refractivity (Wildman–Crippen MR) is 94.6 cm³/mol. The number of aromatic nitrogens is 2. The number of nitrogens with zero attached hydrogens (tertiary/aromatic N) is 3. The Bertz CT molecular complexity index is 802. The molecule has 116 valence electrons.